The SMILES string of the molecule is Cc1ccc(C2CCC(C)(C=O)O2)nc1. The molecule has 0 saturated carbocycles. The zero-order chi connectivity index (χ0) is 10.9. The summed E-state index contributed by atoms with van der Waals surface area (Å²) in [4.78, 5) is 15.1. The molecule has 0 radical (unpaired) electrons. The molecule has 1 fully saturated rings. The molecule has 15 heavy (non-hydrogen) atoms. The van der Waals surface area contributed by atoms with Gasteiger partial charge in [-0.3, -0.25) is 4.98 Å². The number of carbonyl (C=O) groups excluding carboxylic acids is 1. The average molecular weight is 205 g/mol. The Morgan fingerprint density at radius 1 is 1.60 bits per heavy atom. The maximum Gasteiger partial charge on any atom is 0.151 e. The van der Waals surface area contributed by atoms with Crippen molar-refractivity contribution >= 4 is 6.29 Å². The summed E-state index contributed by atoms with van der Waals surface area (Å²) < 4.78 is 5.69. The van der Waals surface area contributed by atoms with Crippen LogP contribution in [0.5, 0.6) is 0 Å². The van der Waals surface area contributed by atoms with Gasteiger partial charge in [0, 0.05) is 6.20 Å². The number of hydrogen-bond acceptors (Lipinski definition) is 3. The van der Waals surface area contributed by atoms with Gasteiger partial charge in [-0.1, -0.05) is 6.07 Å². The van der Waals surface area contributed by atoms with Crippen LogP contribution >= 0.6 is 0 Å². The standard InChI is InChI=1S/C12H15NO2/c1-9-3-4-10(13-7-9)11-5-6-12(2,8-14)15-11/h3-4,7-8,11H,5-6H2,1-2H3. The Labute approximate surface area is 89.5 Å². The van der Waals surface area contributed by atoms with Crippen LogP contribution in [0.15, 0.2) is 18.3 Å². The number of nitrogens with zero attached hydrogens (tertiary/aromatic N) is 1. The predicted octanol–water partition coefficient (Wildman–Crippen LogP) is 2.20. The molecule has 0 amide bonds. The van der Waals surface area contributed by atoms with E-state index < -0.39 is 5.60 Å². The van der Waals surface area contributed by atoms with Gasteiger partial charge in [0.25, 0.3) is 0 Å². The van der Waals surface area contributed by atoms with Gasteiger partial charge >= 0.3 is 0 Å². The van der Waals surface area contributed by atoms with E-state index in [0.29, 0.717) is 0 Å². The molecule has 2 unspecified atom stereocenters. The topological polar surface area (TPSA) is 39.2 Å². The molecule has 0 spiro atoms. The summed E-state index contributed by atoms with van der Waals surface area (Å²) in [7, 11) is 0. The summed E-state index contributed by atoms with van der Waals surface area (Å²) in [6.07, 6.45) is 4.33. The van der Waals surface area contributed by atoms with Gasteiger partial charge in [0.2, 0.25) is 0 Å². The van der Waals surface area contributed by atoms with Crippen LogP contribution < -0.4 is 0 Å². The van der Waals surface area contributed by atoms with Gasteiger partial charge in [-0.15, -0.1) is 0 Å². The van der Waals surface area contributed by atoms with E-state index in [4.69, 9.17) is 4.74 Å². The summed E-state index contributed by atoms with van der Waals surface area (Å²) in [6, 6.07) is 3.98. The summed E-state index contributed by atoms with van der Waals surface area (Å²) in [5, 5.41) is 0. The Morgan fingerprint density at radius 3 is 2.93 bits per heavy atom. The molecule has 80 valence electrons. The molecule has 1 aromatic heterocycles. The summed E-state index contributed by atoms with van der Waals surface area (Å²) in [5.41, 5.74) is 1.44. The molecule has 3 heteroatoms. The van der Waals surface area contributed by atoms with E-state index in [-0.39, 0.29) is 6.10 Å². The number of aryl methyl sites for hydroxylation is 1. The molecular formula is C12H15NO2. The predicted molar refractivity (Wildman–Crippen MR) is 56.5 cm³/mol. The highest BCUT2D eigenvalue weighted by molar-refractivity contribution is 5.62. The van der Waals surface area contributed by atoms with Crippen molar-refractivity contribution in [2.75, 3.05) is 0 Å². The van der Waals surface area contributed by atoms with E-state index in [1.165, 1.54) is 0 Å². The Bertz CT molecular complexity index is 360. The van der Waals surface area contributed by atoms with E-state index in [1.54, 1.807) is 0 Å². The maximum absolute atomic E-state index is 10.8. The lowest BCUT2D eigenvalue weighted by atomic mass is 10.0. The molecular weight excluding hydrogens is 190 g/mol. The Balaban J connectivity index is 2.14. The van der Waals surface area contributed by atoms with E-state index in [9.17, 15) is 4.79 Å². The van der Waals surface area contributed by atoms with Crippen LogP contribution in [0, 0.1) is 6.92 Å². The van der Waals surface area contributed by atoms with Crippen molar-refractivity contribution in [3.8, 4) is 0 Å². The Hall–Kier alpha value is -1.22. The number of aromatic nitrogens is 1. The second-order valence-corrected chi connectivity index (χ2v) is 4.34. The number of hydrogen-bond donors (Lipinski definition) is 0. The van der Waals surface area contributed by atoms with E-state index >= 15 is 0 Å². The van der Waals surface area contributed by atoms with Crippen molar-refractivity contribution in [1.82, 2.24) is 4.98 Å². The molecule has 2 atom stereocenters. The fourth-order valence-electron chi connectivity index (χ4n) is 1.83. The zero-order valence-electron chi connectivity index (χ0n) is 9.06. The lowest BCUT2D eigenvalue weighted by molar-refractivity contribution is -0.127. The quantitative estimate of drug-likeness (QED) is 0.695. The molecule has 0 N–H and O–H groups in total. The van der Waals surface area contributed by atoms with E-state index in [0.717, 1.165) is 30.4 Å². The van der Waals surface area contributed by atoms with Gasteiger partial charge in [-0.2, -0.15) is 0 Å². The first-order valence-electron chi connectivity index (χ1n) is 5.20. The molecule has 1 aromatic rings. The van der Waals surface area contributed by atoms with Crippen molar-refractivity contribution in [2.24, 2.45) is 0 Å². The largest absolute Gasteiger partial charge is 0.358 e. The molecule has 2 rings (SSSR count). The third-order valence-corrected chi connectivity index (χ3v) is 2.83. The van der Waals surface area contributed by atoms with Gasteiger partial charge in [0.1, 0.15) is 11.7 Å². The van der Waals surface area contributed by atoms with Crippen LogP contribution in [0.3, 0.4) is 0 Å². The van der Waals surface area contributed by atoms with Gasteiger partial charge in [-0.25, -0.2) is 0 Å². The fraction of sp³-hybridized carbons (Fsp3) is 0.500. The Kier molecular flexibility index (Phi) is 2.57. The number of pyridine rings is 1. The van der Waals surface area contributed by atoms with Crippen LogP contribution in [-0.4, -0.2) is 16.9 Å². The molecule has 0 aromatic carbocycles. The first kappa shape index (κ1) is 10.3. The number of aldehydes is 1. The van der Waals surface area contributed by atoms with Crippen LogP contribution in [0.4, 0.5) is 0 Å². The third kappa shape index (κ3) is 2.07. The lowest BCUT2D eigenvalue weighted by Crippen LogP contribution is -2.24. The van der Waals surface area contributed by atoms with Crippen molar-refractivity contribution < 1.29 is 9.53 Å². The second kappa shape index (κ2) is 3.74. The fourth-order valence-corrected chi connectivity index (χ4v) is 1.83. The monoisotopic (exact) mass is 205 g/mol. The van der Waals surface area contributed by atoms with Gasteiger partial charge in [-0.05, 0) is 38.3 Å². The van der Waals surface area contributed by atoms with Crippen LogP contribution in [0.2, 0.25) is 0 Å². The van der Waals surface area contributed by atoms with Gasteiger partial charge < -0.3 is 9.53 Å². The first-order chi connectivity index (χ1) is 7.13. The molecule has 1 aliphatic rings. The minimum absolute atomic E-state index is 0.0270. The summed E-state index contributed by atoms with van der Waals surface area (Å²) >= 11 is 0. The molecule has 0 bridgehead atoms. The average Bonchev–Trinajstić information content (AvgIpc) is 2.63. The second-order valence-electron chi connectivity index (χ2n) is 4.34. The molecule has 3 nitrogen and oxygen atoms in total. The van der Waals surface area contributed by atoms with Gasteiger partial charge in [0.15, 0.2) is 6.29 Å². The molecule has 0 aliphatic carbocycles. The molecule has 2 heterocycles. The highest BCUT2D eigenvalue weighted by atomic mass is 16.5. The number of rotatable bonds is 2. The number of carbonyl (C=O) groups is 1. The highest BCUT2D eigenvalue weighted by Crippen LogP contribution is 2.37. The van der Waals surface area contributed by atoms with Crippen LogP contribution in [0.25, 0.3) is 0 Å². The minimum atomic E-state index is -0.614. The minimum Gasteiger partial charge on any atom is -0.358 e. The van der Waals surface area contributed by atoms with Crippen molar-refractivity contribution in [1.29, 1.82) is 0 Å². The summed E-state index contributed by atoms with van der Waals surface area (Å²) in [6.45, 7) is 3.83. The van der Waals surface area contributed by atoms with Crippen LogP contribution in [0.1, 0.15) is 37.1 Å². The summed E-state index contributed by atoms with van der Waals surface area (Å²) in [5.74, 6) is 0. The lowest BCUT2D eigenvalue weighted by Gasteiger charge is -2.17. The van der Waals surface area contributed by atoms with Crippen molar-refractivity contribution in [3.05, 3.63) is 29.6 Å². The van der Waals surface area contributed by atoms with Crippen LogP contribution in [-0.2, 0) is 9.53 Å². The van der Waals surface area contributed by atoms with Crippen molar-refractivity contribution in [2.45, 2.75) is 38.4 Å². The number of ether oxygens (including phenoxy) is 1. The smallest absolute Gasteiger partial charge is 0.151 e. The normalized spacial score (nSPS) is 30.4. The molecule has 1 aliphatic heterocycles. The first-order valence-corrected chi connectivity index (χ1v) is 5.20. The Morgan fingerprint density at radius 2 is 2.40 bits per heavy atom. The third-order valence-electron chi connectivity index (χ3n) is 2.83. The van der Waals surface area contributed by atoms with Crippen molar-refractivity contribution in [3.63, 3.8) is 0 Å². The van der Waals surface area contributed by atoms with E-state index in [2.05, 4.69) is 4.98 Å². The van der Waals surface area contributed by atoms with Gasteiger partial charge in [0.05, 0.1) is 5.69 Å². The maximum atomic E-state index is 10.8. The van der Waals surface area contributed by atoms with E-state index in [1.807, 2.05) is 32.2 Å². The highest BCUT2D eigenvalue weighted by Gasteiger charge is 2.36. The zero-order valence-corrected chi connectivity index (χ0v) is 9.06. The molecule has 1 saturated heterocycles.